The molecule has 0 spiro atoms. The van der Waals surface area contributed by atoms with Gasteiger partial charge in [-0.15, -0.1) is 0 Å². The molecule has 1 heterocycles. The van der Waals surface area contributed by atoms with E-state index in [1.807, 2.05) is 0 Å². The highest BCUT2D eigenvalue weighted by Crippen LogP contribution is 2.07. The Morgan fingerprint density at radius 1 is 1.64 bits per heavy atom. The molecule has 1 aliphatic rings. The first-order valence-corrected chi connectivity index (χ1v) is 4.32. The molecule has 1 aliphatic heterocycles. The van der Waals surface area contributed by atoms with Gasteiger partial charge in [0, 0.05) is 13.1 Å². The summed E-state index contributed by atoms with van der Waals surface area (Å²) in [7, 11) is 0. The minimum Gasteiger partial charge on any atom is -0.481 e. The largest absolute Gasteiger partial charge is 0.481 e. The van der Waals surface area contributed by atoms with E-state index in [2.05, 4.69) is 5.32 Å². The number of imide groups is 1. The molecule has 0 radical (unpaired) electrons. The van der Waals surface area contributed by atoms with Crippen LogP contribution in [-0.2, 0) is 9.59 Å². The summed E-state index contributed by atoms with van der Waals surface area (Å²) in [5.74, 6) is -1.54. The Bertz CT molecular complexity index is 277. The lowest BCUT2D eigenvalue weighted by molar-refractivity contribution is -0.137. The lowest BCUT2D eigenvalue weighted by Gasteiger charge is -2.29. The van der Waals surface area contributed by atoms with Gasteiger partial charge in [0.2, 0.25) is 5.91 Å². The first-order valence-electron chi connectivity index (χ1n) is 4.32. The lowest BCUT2D eigenvalue weighted by Crippen LogP contribution is -2.54. The summed E-state index contributed by atoms with van der Waals surface area (Å²) >= 11 is 0. The molecule has 1 saturated heterocycles. The van der Waals surface area contributed by atoms with Crippen molar-refractivity contribution >= 4 is 17.9 Å². The van der Waals surface area contributed by atoms with E-state index in [4.69, 9.17) is 5.11 Å². The molecule has 0 aromatic heterocycles. The van der Waals surface area contributed by atoms with Crippen LogP contribution in [0.2, 0.25) is 0 Å². The van der Waals surface area contributed by atoms with E-state index in [0.717, 1.165) is 0 Å². The van der Waals surface area contributed by atoms with Gasteiger partial charge >= 0.3 is 12.0 Å². The Hall–Kier alpha value is -1.59. The summed E-state index contributed by atoms with van der Waals surface area (Å²) in [5, 5.41) is 10.6. The molecule has 2 N–H and O–H groups in total. The van der Waals surface area contributed by atoms with Crippen LogP contribution in [0.25, 0.3) is 0 Å². The van der Waals surface area contributed by atoms with Gasteiger partial charge in [-0.1, -0.05) is 6.92 Å². The van der Waals surface area contributed by atoms with E-state index >= 15 is 0 Å². The number of carbonyl (C=O) groups is 3. The fourth-order valence-corrected chi connectivity index (χ4v) is 1.23. The van der Waals surface area contributed by atoms with Crippen LogP contribution >= 0.6 is 0 Å². The zero-order chi connectivity index (χ0) is 10.7. The predicted octanol–water partition coefficient (Wildman–Crippen LogP) is -0.351. The molecule has 1 unspecified atom stereocenters. The zero-order valence-corrected chi connectivity index (χ0v) is 7.82. The van der Waals surface area contributed by atoms with Gasteiger partial charge in [0.25, 0.3) is 0 Å². The third-order valence-electron chi connectivity index (χ3n) is 2.05. The van der Waals surface area contributed by atoms with Gasteiger partial charge < -0.3 is 10.0 Å². The van der Waals surface area contributed by atoms with Gasteiger partial charge in [0.1, 0.15) is 0 Å². The first-order chi connectivity index (χ1) is 6.50. The third-order valence-corrected chi connectivity index (χ3v) is 2.05. The summed E-state index contributed by atoms with van der Waals surface area (Å²) in [6.45, 7) is 2.12. The monoisotopic (exact) mass is 200 g/mol. The summed E-state index contributed by atoms with van der Waals surface area (Å²) < 4.78 is 0. The van der Waals surface area contributed by atoms with Crippen molar-refractivity contribution in [2.75, 3.05) is 13.1 Å². The summed E-state index contributed by atoms with van der Waals surface area (Å²) in [6.07, 6.45) is -0.103. The number of rotatable bonds is 3. The maximum atomic E-state index is 11.2. The summed E-state index contributed by atoms with van der Waals surface area (Å²) in [5.41, 5.74) is 0. The molecule has 1 atom stereocenters. The van der Waals surface area contributed by atoms with Crippen LogP contribution in [0.15, 0.2) is 0 Å². The van der Waals surface area contributed by atoms with Gasteiger partial charge in [-0.25, -0.2) is 4.79 Å². The average molecular weight is 200 g/mol. The molecule has 0 bridgehead atoms. The number of hydrogen-bond donors (Lipinski definition) is 2. The molecule has 0 saturated carbocycles. The molecule has 14 heavy (non-hydrogen) atoms. The molecule has 1 rings (SSSR count). The number of hydrogen-bond acceptors (Lipinski definition) is 3. The highest BCUT2D eigenvalue weighted by Gasteiger charge is 2.28. The molecule has 78 valence electrons. The van der Waals surface area contributed by atoms with Gasteiger partial charge in [-0.05, 0) is 0 Å². The van der Waals surface area contributed by atoms with Gasteiger partial charge in [-0.2, -0.15) is 0 Å². The Morgan fingerprint density at radius 3 is 2.86 bits per heavy atom. The fourth-order valence-electron chi connectivity index (χ4n) is 1.23. The molecule has 1 fully saturated rings. The number of carboxylic acids is 1. The van der Waals surface area contributed by atoms with Crippen LogP contribution in [0.4, 0.5) is 4.79 Å². The summed E-state index contributed by atoms with van der Waals surface area (Å²) in [4.78, 5) is 33.8. The second-order valence-corrected chi connectivity index (χ2v) is 3.29. The molecular weight excluding hydrogens is 188 g/mol. The van der Waals surface area contributed by atoms with Crippen molar-refractivity contribution in [3.8, 4) is 0 Å². The van der Waals surface area contributed by atoms with E-state index in [0.29, 0.717) is 0 Å². The molecule has 6 nitrogen and oxygen atoms in total. The van der Waals surface area contributed by atoms with Crippen LogP contribution < -0.4 is 5.32 Å². The van der Waals surface area contributed by atoms with Crippen molar-refractivity contribution in [1.82, 2.24) is 10.2 Å². The molecule has 0 aromatic carbocycles. The molecule has 6 heteroatoms. The minimum atomic E-state index is -0.956. The highest BCUT2D eigenvalue weighted by molar-refractivity contribution is 5.97. The van der Waals surface area contributed by atoms with E-state index in [9.17, 15) is 14.4 Å². The smallest absolute Gasteiger partial charge is 0.324 e. The number of nitrogens with zero attached hydrogens (tertiary/aromatic N) is 1. The summed E-state index contributed by atoms with van der Waals surface area (Å²) in [6, 6.07) is -0.505. The second kappa shape index (κ2) is 4.08. The van der Waals surface area contributed by atoms with E-state index in [1.165, 1.54) is 4.90 Å². The van der Waals surface area contributed by atoms with E-state index < -0.39 is 12.0 Å². The van der Waals surface area contributed by atoms with Crippen molar-refractivity contribution in [1.29, 1.82) is 0 Å². The zero-order valence-electron chi connectivity index (χ0n) is 7.82. The predicted molar refractivity (Wildman–Crippen MR) is 46.5 cm³/mol. The van der Waals surface area contributed by atoms with Crippen LogP contribution in [0, 0.1) is 5.92 Å². The Labute approximate surface area is 80.9 Å². The Morgan fingerprint density at radius 2 is 2.29 bits per heavy atom. The number of amides is 3. The molecule has 3 amide bonds. The topological polar surface area (TPSA) is 86.7 Å². The van der Waals surface area contributed by atoms with Crippen LogP contribution in [0.3, 0.4) is 0 Å². The maximum absolute atomic E-state index is 11.2. The third kappa shape index (κ3) is 2.45. The van der Waals surface area contributed by atoms with Crippen LogP contribution in [-0.4, -0.2) is 41.0 Å². The Kier molecular flexibility index (Phi) is 3.06. The van der Waals surface area contributed by atoms with E-state index in [-0.39, 0.29) is 31.3 Å². The highest BCUT2D eigenvalue weighted by atomic mass is 16.4. The standard InChI is InChI=1S/C8H12N2O4/c1-5-4-10(3-2-6(11)12)8(14)9-7(5)13/h5H,2-4H2,1H3,(H,11,12)(H,9,13,14). The van der Waals surface area contributed by atoms with Crippen molar-refractivity contribution < 1.29 is 19.5 Å². The second-order valence-electron chi connectivity index (χ2n) is 3.29. The van der Waals surface area contributed by atoms with Gasteiger partial charge in [-0.3, -0.25) is 14.9 Å². The fraction of sp³-hybridized carbons (Fsp3) is 0.625. The maximum Gasteiger partial charge on any atom is 0.324 e. The number of aliphatic carboxylic acids is 1. The van der Waals surface area contributed by atoms with Crippen LogP contribution in [0.5, 0.6) is 0 Å². The lowest BCUT2D eigenvalue weighted by atomic mass is 10.1. The quantitative estimate of drug-likeness (QED) is 0.651. The minimum absolute atomic E-state index is 0.103. The number of carboxylic acid groups (broad SMARTS) is 1. The van der Waals surface area contributed by atoms with Crippen LogP contribution in [0.1, 0.15) is 13.3 Å². The average Bonchev–Trinajstić information content (AvgIpc) is 2.09. The normalized spacial score (nSPS) is 22.1. The van der Waals surface area contributed by atoms with Crippen molar-refractivity contribution in [2.45, 2.75) is 13.3 Å². The molecule has 0 aromatic rings. The Balaban J connectivity index is 2.49. The van der Waals surface area contributed by atoms with Gasteiger partial charge in [0.15, 0.2) is 0 Å². The van der Waals surface area contributed by atoms with Crippen molar-refractivity contribution in [2.24, 2.45) is 5.92 Å². The molecule has 0 aliphatic carbocycles. The van der Waals surface area contributed by atoms with Crippen molar-refractivity contribution in [3.63, 3.8) is 0 Å². The first kappa shape index (κ1) is 10.5. The molecular formula is C8H12N2O4. The number of urea groups is 1. The van der Waals surface area contributed by atoms with Crippen molar-refractivity contribution in [3.05, 3.63) is 0 Å². The number of nitrogens with one attached hydrogen (secondary N) is 1. The van der Waals surface area contributed by atoms with E-state index in [1.54, 1.807) is 6.92 Å². The SMILES string of the molecule is CC1CN(CCC(=O)O)C(=O)NC1=O. The van der Waals surface area contributed by atoms with Gasteiger partial charge in [0.05, 0.1) is 12.3 Å². The number of carbonyl (C=O) groups excluding carboxylic acids is 2.